The molecule has 1 atom stereocenters. The van der Waals surface area contributed by atoms with Gasteiger partial charge in [0, 0.05) is 16.7 Å². The molecule has 4 N–H and O–H groups in total. The Bertz CT molecular complexity index is 921. The van der Waals surface area contributed by atoms with Crippen LogP contribution in [0.4, 0.5) is 4.39 Å². The molecule has 2 aromatic carbocycles. The molecule has 3 rings (SSSR count). The number of hydrogen-bond acceptors (Lipinski definition) is 2. The van der Waals surface area contributed by atoms with Gasteiger partial charge < -0.3 is 16.2 Å². The van der Waals surface area contributed by atoms with Gasteiger partial charge in [-0.05, 0) is 55.0 Å². The molecule has 0 saturated carbocycles. The quantitative estimate of drug-likeness (QED) is 0.636. The predicted octanol–water partition coefficient (Wildman–Crippen LogP) is 3.11. The second-order valence-corrected chi connectivity index (χ2v) is 5.99. The molecule has 0 aromatic heterocycles. The first-order valence-corrected chi connectivity index (χ1v) is 7.85. The van der Waals surface area contributed by atoms with Crippen molar-refractivity contribution in [1.29, 1.82) is 0 Å². The Morgan fingerprint density at radius 3 is 2.64 bits per heavy atom. The van der Waals surface area contributed by atoms with Crippen LogP contribution in [-0.4, -0.2) is 18.0 Å². The summed E-state index contributed by atoms with van der Waals surface area (Å²) in [6.07, 6.45) is 1.65. The van der Waals surface area contributed by atoms with Crippen LogP contribution in [0.2, 0.25) is 5.02 Å². The topological polar surface area (TPSA) is 90.7 Å². The number of fused-ring (bicyclic) bond motifs is 1. The summed E-state index contributed by atoms with van der Waals surface area (Å²) in [5.74, 6) is -0.714. The summed E-state index contributed by atoms with van der Waals surface area (Å²) in [5, 5.41) is 0.271. The van der Waals surface area contributed by atoms with E-state index in [1.165, 1.54) is 12.1 Å². The third kappa shape index (κ3) is 3.49. The SMILES string of the molecule is CC1C=C(c2ccc(F)cc2Cl)c2cc(C(=O)N=C(N)N)ccc2O1. The zero-order valence-corrected chi connectivity index (χ0v) is 14.0. The Labute approximate surface area is 148 Å². The number of benzene rings is 2. The van der Waals surface area contributed by atoms with Gasteiger partial charge in [0.05, 0.1) is 5.02 Å². The Kier molecular flexibility index (Phi) is 4.46. The average molecular weight is 360 g/mol. The Balaban J connectivity index is 2.13. The highest BCUT2D eigenvalue weighted by Gasteiger charge is 2.22. The fourth-order valence-corrected chi connectivity index (χ4v) is 2.93. The fourth-order valence-electron chi connectivity index (χ4n) is 2.66. The summed E-state index contributed by atoms with van der Waals surface area (Å²) < 4.78 is 19.1. The standard InChI is InChI=1S/C18H15ClFN3O2/c1-9-6-13(12-4-3-11(20)8-15(12)19)14-7-10(2-5-16(14)25-9)17(24)23-18(21)22/h2-9H,1H3,(H4,21,22,23,24). The molecule has 1 aliphatic heterocycles. The van der Waals surface area contributed by atoms with Gasteiger partial charge in [-0.3, -0.25) is 4.79 Å². The first-order chi connectivity index (χ1) is 11.8. The average Bonchev–Trinajstić information content (AvgIpc) is 2.53. The van der Waals surface area contributed by atoms with Crippen LogP contribution >= 0.6 is 11.6 Å². The molecule has 25 heavy (non-hydrogen) atoms. The van der Waals surface area contributed by atoms with E-state index in [0.29, 0.717) is 22.4 Å². The van der Waals surface area contributed by atoms with Crippen molar-refractivity contribution in [3.05, 3.63) is 70.0 Å². The van der Waals surface area contributed by atoms with E-state index >= 15 is 0 Å². The smallest absolute Gasteiger partial charge is 0.280 e. The number of halogens is 2. The zero-order valence-electron chi connectivity index (χ0n) is 13.3. The van der Waals surface area contributed by atoms with E-state index in [-0.39, 0.29) is 17.1 Å². The molecule has 5 nitrogen and oxygen atoms in total. The summed E-state index contributed by atoms with van der Waals surface area (Å²) in [5.41, 5.74) is 12.9. The molecule has 0 spiro atoms. The summed E-state index contributed by atoms with van der Waals surface area (Å²) >= 11 is 6.20. The van der Waals surface area contributed by atoms with Crippen LogP contribution in [0.1, 0.15) is 28.4 Å². The Hall–Kier alpha value is -2.86. The third-order valence-electron chi connectivity index (χ3n) is 3.68. The lowest BCUT2D eigenvalue weighted by Gasteiger charge is -2.24. The van der Waals surface area contributed by atoms with E-state index in [2.05, 4.69) is 4.99 Å². The summed E-state index contributed by atoms with van der Waals surface area (Å²) in [6.45, 7) is 1.87. The molecule has 1 aliphatic rings. The van der Waals surface area contributed by atoms with Gasteiger partial charge in [-0.25, -0.2) is 4.39 Å². The van der Waals surface area contributed by atoms with E-state index in [9.17, 15) is 9.18 Å². The minimum atomic E-state index is -0.564. The number of carbonyl (C=O) groups is 1. The van der Waals surface area contributed by atoms with Crippen LogP contribution in [0.15, 0.2) is 47.5 Å². The van der Waals surface area contributed by atoms with Crippen LogP contribution in [0, 0.1) is 5.82 Å². The monoisotopic (exact) mass is 359 g/mol. The Morgan fingerprint density at radius 1 is 1.20 bits per heavy atom. The van der Waals surface area contributed by atoms with Crippen molar-refractivity contribution in [3.63, 3.8) is 0 Å². The van der Waals surface area contributed by atoms with Gasteiger partial charge in [0.15, 0.2) is 5.96 Å². The molecule has 0 bridgehead atoms. The van der Waals surface area contributed by atoms with Crippen molar-refractivity contribution in [2.75, 3.05) is 0 Å². The lowest BCUT2D eigenvalue weighted by molar-refractivity contribution is 0.100. The number of nitrogens with two attached hydrogens (primary N) is 2. The molecule has 1 amide bonds. The van der Waals surface area contributed by atoms with Gasteiger partial charge in [0.25, 0.3) is 5.91 Å². The summed E-state index contributed by atoms with van der Waals surface area (Å²) in [7, 11) is 0. The number of aliphatic imine (C=N–C) groups is 1. The van der Waals surface area contributed by atoms with Gasteiger partial charge in [-0.1, -0.05) is 11.6 Å². The molecule has 0 saturated heterocycles. The maximum absolute atomic E-state index is 13.4. The predicted molar refractivity (Wildman–Crippen MR) is 95.2 cm³/mol. The highest BCUT2D eigenvalue weighted by Crippen LogP contribution is 2.39. The van der Waals surface area contributed by atoms with Crippen molar-refractivity contribution >= 4 is 29.0 Å². The number of guanidine groups is 1. The highest BCUT2D eigenvalue weighted by atomic mass is 35.5. The molecule has 7 heteroatoms. The number of hydrogen-bond donors (Lipinski definition) is 2. The van der Waals surface area contributed by atoms with Crippen LogP contribution in [-0.2, 0) is 0 Å². The second-order valence-electron chi connectivity index (χ2n) is 5.58. The van der Waals surface area contributed by atoms with Crippen molar-refractivity contribution in [3.8, 4) is 5.75 Å². The van der Waals surface area contributed by atoms with Crippen molar-refractivity contribution in [2.24, 2.45) is 16.5 Å². The first kappa shape index (κ1) is 17.0. The normalized spacial score (nSPS) is 15.6. The molecular formula is C18H15ClFN3O2. The van der Waals surface area contributed by atoms with Gasteiger partial charge in [-0.15, -0.1) is 0 Å². The minimum absolute atomic E-state index is 0.206. The van der Waals surface area contributed by atoms with Gasteiger partial charge in [-0.2, -0.15) is 4.99 Å². The van der Waals surface area contributed by atoms with Crippen LogP contribution in [0.5, 0.6) is 5.75 Å². The maximum atomic E-state index is 13.4. The van der Waals surface area contributed by atoms with E-state index in [1.807, 2.05) is 13.0 Å². The summed E-state index contributed by atoms with van der Waals surface area (Å²) in [6, 6.07) is 9.04. The van der Waals surface area contributed by atoms with Crippen LogP contribution in [0.3, 0.4) is 0 Å². The number of carbonyl (C=O) groups excluding carboxylic acids is 1. The molecule has 1 heterocycles. The van der Waals surface area contributed by atoms with E-state index < -0.39 is 11.7 Å². The third-order valence-corrected chi connectivity index (χ3v) is 4.00. The summed E-state index contributed by atoms with van der Waals surface area (Å²) in [4.78, 5) is 15.6. The first-order valence-electron chi connectivity index (χ1n) is 7.47. The van der Waals surface area contributed by atoms with Crippen molar-refractivity contribution in [2.45, 2.75) is 13.0 Å². The number of ether oxygens (including phenoxy) is 1. The van der Waals surface area contributed by atoms with E-state index in [0.717, 1.165) is 5.57 Å². The molecule has 1 unspecified atom stereocenters. The largest absolute Gasteiger partial charge is 0.486 e. The van der Waals surface area contributed by atoms with Gasteiger partial charge in [0.2, 0.25) is 0 Å². The maximum Gasteiger partial charge on any atom is 0.280 e. The number of rotatable bonds is 2. The van der Waals surface area contributed by atoms with E-state index in [1.54, 1.807) is 24.3 Å². The minimum Gasteiger partial charge on any atom is -0.486 e. The van der Waals surface area contributed by atoms with Crippen molar-refractivity contribution in [1.82, 2.24) is 0 Å². The molecule has 0 radical (unpaired) electrons. The molecule has 0 aliphatic carbocycles. The molecule has 0 fully saturated rings. The van der Waals surface area contributed by atoms with Crippen LogP contribution in [0.25, 0.3) is 5.57 Å². The second kappa shape index (κ2) is 6.57. The van der Waals surface area contributed by atoms with Gasteiger partial charge in [0.1, 0.15) is 17.7 Å². The zero-order chi connectivity index (χ0) is 18.1. The van der Waals surface area contributed by atoms with Gasteiger partial charge >= 0.3 is 0 Å². The number of nitrogens with zero attached hydrogens (tertiary/aromatic N) is 1. The van der Waals surface area contributed by atoms with Crippen LogP contribution < -0.4 is 16.2 Å². The van der Waals surface area contributed by atoms with Crippen molar-refractivity contribution < 1.29 is 13.9 Å². The fraction of sp³-hybridized carbons (Fsp3) is 0.111. The van der Waals surface area contributed by atoms with E-state index in [4.69, 9.17) is 27.8 Å². The molecular weight excluding hydrogens is 345 g/mol. The lowest BCUT2D eigenvalue weighted by atomic mass is 9.92. The number of amides is 1. The molecule has 2 aromatic rings. The lowest BCUT2D eigenvalue weighted by Crippen LogP contribution is -2.24. The molecule has 128 valence electrons. The highest BCUT2D eigenvalue weighted by molar-refractivity contribution is 6.32. The Morgan fingerprint density at radius 2 is 1.96 bits per heavy atom.